The molecule has 1 aliphatic carbocycles. The van der Waals surface area contributed by atoms with Crippen LogP contribution >= 0.6 is 0 Å². The van der Waals surface area contributed by atoms with Crippen LogP contribution in [0.2, 0.25) is 0 Å². The maximum absolute atomic E-state index is 11.8. The van der Waals surface area contributed by atoms with Gasteiger partial charge in [0.05, 0.1) is 5.69 Å². The number of likely N-dealkylation sites (N-methyl/N-ethyl adjacent to an activating group) is 1. The average Bonchev–Trinajstić information content (AvgIpc) is 3.25. The summed E-state index contributed by atoms with van der Waals surface area (Å²) in [6.07, 6.45) is 8.55. The van der Waals surface area contributed by atoms with Gasteiger partial charge in [0.1, 0.15) is 0 Å². The fraction of sp³-hybridized carbons (Fsp3) is 0.273. The van der Waals surface area contributed by atoms with Gasteiger partial charge in [-0.15, -0.1) is 0 Å². The number of hydrogen-bond donors (Lipinski definition) is 1. The molecule has 26 heavy (non-hydrogen) atoms. The predicted octanol–water partition coefficient (Wildman–Crippen LogP) is 3.03. The van der Waals surface area contributed by atoms with Crippen LogP contribution < -0.4 is 5.32 Å². The first kappa shape index (κ1) is 15.5. The Labute approximate surface area is 153 Å². The molecule has 1 N–H and O–H groups in total. The Morgan fingerprint density at radius 3 is 2.88 bits per heavy atom. The Kier molecular flexibility index (Phi) is 3.54. The molecular formula is C22H21N3O. The summed E-state index contributed by atoms with van der Waals surface area (Å²) in [6.45, 7) is 2.72. The number of nitrogens with zero attached hydrogens (tertiary/aromatic N) is 2. The van der Waals surface area contributed by atoms with Crippen molar-refractivity contribution in [3.63, 3.8) is 0 Å². The number of amides is 1. The quantitative estimate of drug-likeness (QED) is 0.912. The summed E-state index contributed by atoms with van der Waals surface area (Å²) >= 11 is 0. The number of aromatic nitrogens is 1. The average molecular weight is 343 g/mol. The number of fused-ring (bicyclic) bond motifs is 2. The molecule has 2 aliphatic heterocycles. The van der Waals surface area contributed by atoms with Gasteiger partial charge in [0.2, 0.25) is 0 Å². The van der Waals surface area contributed by atoms with Gasteiger partial charge in [-0.25, -0.2) is 0 Å². The highest BCUT2D eigenvalue weighted by Crippen LogP contribution is 2.35. The van der Waals surface area contributed by atoms with Crippen LogP contribution in [-0.2, 0) is 13.0 Å². The molecule has 0 saturated heterocycles. The zero-order valence-electron chi connectivity index (χ0n) is 14.9. The normalized spacial score (nSPS) is 18.9. The maximum Gasteiger partial charge on any atom is 0.251 e. The van der Waals surface area contributed by atoms with Gasteiger partial charge in [0.15, 0.2) is 0 Å². The van der Waals surface area contributed by atoms with Crippen LogP contribution in [-0.4, -0.2) is 35.9 Å². The monoisotopic (exact) mass is 343 g/mol. The van der Waals surface area contributed by atoms with Crippen molar-refractivity contribution in [2.24, 2.45) is 0 Å². The minimum atomic E-state index is 0.0329. The van der Waals surface area contributed by atoms with E-state index in [4.69, 9.17) is 4.98 Å². The Hall–Kier alpha value is -2.72. The van der Waals surface area contributed by atoms with E-state index in [1.54, 1.807) is 0 Å². The molecule has 0 fully saturated rings. The van der Waals surface area contributed by atoms with E-state index in [0.29, 0.717) is 6.54 Å². The van der Waals surface area contributed by atoms with E-state index in [2.05, 4.69) is 47.6 Å². The molecule has 0 bridgehead atoms. The third kappa shape index (κ3) is 2.49. The summed E-state index contributed by atoms with van der Waals surface area (Å²) in [7, 11) is 2.16. The van der Waals surface area contributed by atoms with Gasteiger partial charge < -0.3 is 10.2 Å². The molecule has 0 unspecified atom stereocenters. The lowest BCUT2D eigenvalue weighted by Gasteiger charge is -2.22. The topological polar surface area (TPSA) is 45.2 Å². The molecule has 0 saturated carbocycles. The van der Waals surface area contributed by atoms with E-state index < -0.39 is 0 Å². The Morgan fingerprint density at radius 2 is 2.04 bits per heavy atom. The number of nitrogens with one attached hydrogen (secondary N) is 1. The van der Waals surface area contributed by atoms with Gasteiger partial charge in [0.25, 0.3) is 5.91 Å². The lowest BCUT2D eigenvalue weighted by atomic mass is 9.94. The number of hydrogen-bond acceptors (Lipinski definition) is 3. The van der Waals surface area contributed by atoms with E-state index in [1.165, 1.54) is 27.8 Å². The number of benzene rings is 1. The summed E-state index contributed by atoms with van der Waals surface area (Å²) in [6, 6.07) is 8.46. The van der Waals surface area contributed by atoms with E-state index in [9.17, 15) is 4.79 Å². The molecule has 0 radical (unpaired) electrons. The fourth-order valence-electron chi connectivity index (χ4n) is 4.08. The molecule has 0 spiro atoms. The molecule has 1 aromatic carbocycles. The van der Waals surface area contributed by atoms with Crippen molar-refractivity contribution in [2.75, 3.05) is 20.1 Å². The first-order valence-electron chi connectivity index (χ1n) is 9.18. The largest absolute Gasteiger partial charge is 0.348 e. The molecule has 3 aliphatic rings. The summed E-state index contributed by atoms with van der Waals surface area (Å²) in [5, 5.41) is 2.90. The van der Waals surface area contributed by atoms with Crippen LogP contribution in [0.3, 0.4) is 0 Å². The highest BCUT2D eigenvalue weighted by molar-refractivity contribution is 5.99. The second-order valence-corrected chi connectivity index (χ2v) is 7.34. The van der Waals surface area contributed by atoms with Gasteiger partial charge >= 0.3 is 0 Å². The van der Waals surface area contributed by atoms with Crippen LogP contribution in [0.1, 0.15) is 44.7 Å². The molecule has 130 valence electrons. The molecular weight excluding hydrogens is 322 g/mol. The lowest BCUT2D eigenvalue weighted by molar-refractivity contribution is 0.0966. The van der Waals surface area contributed by atoms with Crippen molar-refractivity contribution in [2.45, 2.75) is 19.4 Å². The zero-order valence-corrected chi connectivity index (χ0v) is 14.9. The molecule has 4 nitrogen and oxygen atoms in total. The van der Waals surface area contributed by atoms with Crippen molar-refractivity contribution >= 4 is 17.1 Å². The summed E-state index contributed by atoms with van der Waals surface area (Å²) in [4.78, 5) is 18.9. The fourth-order valence-corrected chi connectivity index (χ4v) is 4.08. The minimum absolute atomic E-state index is 0.0329. The molecule has 2 aromatic rings. The molecule has 1 aromatic heterocycles. The van der Waals surface area contributed by atoms with Crippen molar-refractivity contribution < 1.29 is 4.79 Å². The SMILES string of the molecule is CN1CC=C(c2cnc3c(c2)C(c2ccc4c(c2)CNC4=O)=CC3)CC1. The third-order valence-corrected chi connectivity index (χ3v) is 5.64. The maximum atomic E-state index is 11.8. The number of carbonyl (C=O) groups is 1. The van der Waals surface area contributed by atoms with Crippen LogP contribution in [0.4, 0.5) is 0 Å². The lowest BCUT2D eigenvalue weighted by Crippen LogP contribution is -2.23. The number of allylic oxidation sites excluding steroid dienone is 1. The highest BCUT2D eigenvalue weighted by Gasteiger charge is 2.23. The zero-order chi connectivity index (χ0) is 17.7. The summed E-state index contributed by atoms with van der Waals surface area (Å²) < 4.78 is 0. The summed E-state index contributed by atoms with van der Waals surface area (Å²) in [5.41, 5.74) is 9.32. The molecule has 1 amide bonds. The van der Waals surface area contributed by atoms with E-state index >= 15 is 0 Å². The van der Waals surface area contributed by atoms with E-state index in [1.807, 2.05) is 12.3 Å². The Morgan fingerprint density at radius 1 is 1.12 bits per heavy atom. The van der Waals surface area contributed by atoms with Gasteiger partial charge in [-0.2, -0.15) is 0 Å². The second kappa shape index (κ2) is 5.92. The van der Waals surface area contributed by atoms with Gasteiger partial charge in [-0.1, -0.05) is 18.2 Å². The van der Waals surface area contributed by atoms with Gasteiger partial charge in [-0.05, 0) is 59.5 Å². The second-order valence-electron chi connectivity index (χ2n) is 7.34. The van der Waals surface area contributed by atoms with Crippen molar-refractivity contribution in [1.29, 1.82) is 0 Å². The van der Waals surface area contributed by atoms with Crippen molar-refractivity contribution in [3.05, 3.63) is 76.1 Å². The van der Waals surface area contributed by atoms with Crippen molar-refractivity contribution in [1.82, 2.24) is 15.2 Å². The first-order chi connectivity index (χ1) is 12.7. The molecule has 5 rings (SSSR count). The minimum Gasteiger partial charge on any atom is -0.348 e. The van der Waals surface area contributed by atoms with Gasteiger partial charge in [0, 0.05) is 43.4 Å². The standard InChI is InChI=1S/C22H21N3O/c1-25-8-6-14(7-9-25)16-11-20-18(4-5-21(20)23-12-16)15-2-3-19-17(10-15)13-24-22(19)26/h2-4,6,10-12H,5,7-9,13H2,1H3,(H,24,26). The van der Waals surface area contributed by atoms with Crippen LogP contribution in [0.5, 0.6) is 0 Å². The van der Waals surface area contributed by atoms with Crippen LogP contribution in [0.15, 0.2) is 42.6 Å². The highest BCUT2D eigenvalue weighted by atomic mass is 16.1. The predicted molar refractivity (Wildman–Crippen MR) is 103 cm³/mol. The third-order valence-electron chi connectivity index (χ3n) is 5.64. The summed E-state index contributed by atoms with van der Waals surface area (Å²) in [5.74, 6) is 0.0329. The van der Waals surface area contributed by atoms with Crippen LogP contribution in [0, 0.1) is 0 Å². The van der Waals surface area contributed by atoms with Gasteiger partial charge in [-0.3, -0.25) is 9.78 Å². The number of pyridine rings is 1. The molecule has 0 atom stereocenters. The van der Waals surface area contributed by atoms with Crippen molar-refractivity contribution in [3.8, 4) is 0 Å². The molecule has 3 heterocycles. The smallest absolute Gasteiger partial charge is 0.251 e. The Balaban J connectivity index is 1.52. The molecule has 4 heteroatoms. The van der Waals surface area contributed by atoms with E-state index in [-0.39, 0.29) is 5.91 Å². The van der Waals surface area contributed by atoms with E-state index in [0.717, 1.165) is 42.8 Å². The number of carbonyl (C=O) groups excluding carboxylic acids is 1. The number of rotatable bonds is 2. The van der Waals surface area contributed by atoms with Crippen LogP contribution in [0.25, 0.3) is 11.1 Å². The first-order valence-corrected chi connectivity index (χ1v) is 9.18. The Bertz CT molecular complexity index is 987.